The molecule has 3 rings (SSSR count). The Morgan fingerprint density at radius 1 is 1.14 bits per heavy atom. The smallest absolute Gasteiger partial charge is 0.192 e. The van der Waals surface area contributed by atoms with Gasteiger partial charge < -0.3 is 4.90 Å². The molecule has 1 aromatic carbocycles. The van der Waals surface area contributed by atoms with E-state index in [9.17, 15) is 0 Å². The van der Waals surface area contributed by atoms with Crippen LogP contribution in [0, 0.1) is 6.92 Å². The molecular formula is C18H23N3S. The number of hydrogen-bond acceptors (Lipinski definition) is 4. The maximum atomic E-state index is 4.36. The highest BCUT2D eigenvalue weighted by molar-refractivity contribution is 7.99. The Balaban J connectivity index is 1.97. The maximum absolute atomic E-state index is 4.36. The van der Waals surface area contributed by atoms with Crippen LogP contribution in [0.5, 0.6) is 0 Å². The largest absolute Gasteiger partial charge is 0.365 e. The molecule has 1 fully saturated rings. The summed E-state index contributed by atoms with van der Waals surface area (Å²) in [6.45, 7) is 7.96. The van der Waals surface area contributed by atoms with Crippen molar-refractivity contribution in [2.75, 3.05) is 11.4 Å². The van der Waals surface area contributed by atoms with Crippen molar-refractivity contribution in [2.24, 2.45) is 0 Å². The molecule has 0 N–H and O–H groups in total. The topological polar surface area (TPSA) is 29.0 Å². The van der Waals surface area contributed by atoms with Gasteiger partial charge in [0.1, 0.15) is 0 Å². The van der Waals surface area contributed by atoms with E-state index in [1.165, 1.54) is 35.4 Å². The first-order valence-electron chi connectivity index (χ1n) is 7.89. The van der Waals surface area contributed by atoms with Crippen LogP contribution in [-0.4, -0.2) is 22.1 Å². The third kappa shape index (κ3) is 3.27. The van der Waals surface area contributed by atoms with Crippen LogP contribution in [-0.2, 0) is 0 Å². The van der Waals surface area contributed by atoms with E-state index < -0.39 is 0 Å². The molecule has 0 spiro atoms. The van der Waals surface area contributed by atoms with Gasteiger partial charge in [0.15, 0.2) is 5.16 Å². The standard InChI is InChI=1S/C18H23N3S/c1-14-7-8-15(21-12-5-4-9-18(21,2)3)16(13-14)22-17-19-10-6-11-20-17/h6-8,10-11,13H,4-5,9,12H2,1-3H3. The molecule has 1 aliphatic rings. The lowest BCUT2D eigenvalue weighted by molar-refractivity contribution is 0.360. The van der Waals surface area contributed by atoms with Crippen LogP contribution in [0.1, 0.15) is 38.7 Å². The predicted molar refractivity (Wildman–Crippen MR) is 92.6 cm³/mol. The first kappa shape index (κ1) is 15.3. The molecule has 1 aliphatic heterocycles. The van der Waals surface area contributed by atoms with Gasteiger partial charge in [-0.2, -0.15) is 0 Å². The van der Waals surface area contributed by atoms with Crippen LogP contribution in [0.3, 0.4) is 0 Å². The van der Waals surface area contributed by atoms with E-state index >= 15 is 0 Å². The van der Waals surface area contributed by atoms with E-state index in [0.717, 1.165) is 11.7 Å². The summed E-state index contributed by atoms with van der Waals surface area (Å²) in [6.07, 6.45) is 7.43. The quantitative estimate of drug-likeness (QED) is 0.768. The zero-order valence-corrected chi connectivity index (χ0v) is 14.4. The van der Waals surface area contributed by atoms with E-state index in [2.05, 4.69) is 53.8 Å². The molecule has 0 aliphatic carbocycles. The van der Waals surface area contributed by atoms with Crippen LogP contribution in [0.15, 0.2) is 46.7 Å². The van der Waals surface area contributed by atoms with E-state index in [1.807, 2.05) is 6.07 Å². The van der Waals surface area contributed by atoms with Gasteiger partial charge in [-0.15, -0.1) is 0 Å². The third-order valence-corrected chi connectivity index (χ3v) is 5.24. The second-order valence-corrected chi connectivity index (χ2v) is 7.53. The van der Waals surface area contributed by atoms with Gasteiger partial charge in [0.25, 0.3) is 0 Å². The van der Waals surface area contributed by atoms with Gasteiger partial charge in [0.2, 0.25) is 0 Å². The molecule has 2 heterocycles. The number of rotatable bonds is 3. The Hall–Kier alpha value is -1.55. The minimum Gasteiger partial charge on any atom is -0.365 e. The molecule has 22 heavy (non-hydrogen) atoms. The SMILES string of the molecule is Cc1ccc(N2CCCCC2(C)C)c(Sc2ncccn2)c1. The highest BCUT2D eigenvalue weighted by Crippen LogP contribution is 2.40. The van der Waals surface area contributed by atoms with Crippen molar-refractivity contribution in [3.8, 4) is 0 Å². The number of aryl methyl sites for hydroxylation is 1. The van der Waals surface area contributed by atoms with Crippen LogP contribution in [0.25, 0.3) is 0 Å². The number of piperidine rings is 1. The molecule has 1 saturated heterocycles. The molecule has 116 valence electrons. The van der Waals surface area contributed by atoms with Crippen molar-refractivity contribution in [3.63, 3.8) is 0 Å². The van der Waals surface area contributed by atoms with E-state index in [4.69, 9.17) is 0 Å². The van der Waals surface area contributed by atoms with Crippen molar-refractivity contribution in [2.45, 2.75) is 55.6 Å². The Kier molecular flexibility index (Phi) is 4.39. The molecule has 3 nitrogen and oxygen atoms in total. The fourth-order valence-electron chi connectivity index (χ4n) is 3.07. The van der Waals surface area contributed by atoms with Crippen molar-refractivity contribution in [1.29, 1.82) is 0 Å². The minimum atomic E-state index is 0.209. The van der Waals surface area contributed by atoms with E-state index in [1.54, 1.807) is 24.2 Å². The van der Waals surface area contributed by atoms with Gasteiger partial charge in [0.05, 0.1) is 5.69 Å². The van der Waals surface area contributed by atoms with Gasteiger partial charge in [-0.05, 0) is 75.6 Å². The predicted octanol–water partition coefficient (Wildman–Crippen LogP) is 4.71. The van der Waals surface area contributed by atoms with Gasteiger partial charge in [0, 0.05) is 29.4 Å². The number of hydrogen-bond donors (Lipinski definition) is 0. The van der Waals surface area contributed by atoms with Crippen molar-refractivity contribution >= 4 is 17.4 Å². The maximum Gasteiger partial charge on any atom is 0.192 e. The highest BCUT2D eigenvalue weighted by Gasteiger charge is 2.31. The molecule has 1 aromatic heterocycles. The second kappa shape index (κ2) is 6.29. The van der Waals surface area contributed by atoms with Crippen LogP contribution < -0.4 is 4.90 Å². The summed E-state index contributed by atoms with van der Waals surface area (Å²) in [4.78, 5) is 12.5. The zero-order valence-electron chi connectivity index (χ0n) is 13.5. The van der Waals surface area contributed by atoms with Crippen LogP contribution >= 0.6 is 11.8 Å². The second-order valence-electron chi connectivity index (χ2n) is 6.53. The zero-order chi connectivity index (χ0) is 15.6. The lowest BCUT2D eigenvalue weighted by Crippen LogP contribution is -2.47. The molecule has 2 aromatic rings. The van der Waals surface area contributed by atoms with Gasteiger partial charge in [-0.1, -0.05) is 6.07 Å². The summed E-state index contributed by atoms with van der Waals surface area (Å²) < 4.78 is 0. The summed E-state index contributed by atoms with van der Waals surface area (Å²) >= 11 is 1.66. The Labute approximate surface area is 137 Å². The molecule has 0 unspecified atom stereocenters. The monoisotopic (exact) mass is 313 g/mol. The lowest BCUT2D eigenvalue weighted by atomic mass is 9.90. The number of nitrogens with zero attached hydrogens (tertiary/aromatic N) is 3. The fourth-order valence-corrected chi connectivity index (χ4v) is 4.03. The van der Waals surface area contributed by atoms with Crippen molar-refractivity contribution in [1.82, 2.24) is 9.97 Å². The van der Waals surface area contributed by atoms with Crippen molar-refractivity contribution < 1.29 is 0 Å². The number of aromatic nitrogens is 2. The summed E-state index contributed by atoms with van der Waals surface area (Å²) in [5.41, 5.74) is 2.80. The lowest BCUT2D eigenvalue weighted by Gasteiger charge is -2.45. The average molecular weight is 313 g/mol. The van der Waals surface area contributed by atoms with Crippen molar-refractivity contribution in [3.05, 3.63) is 42.2 Å². The molecule has 0 atom stereocenters. The van der Waals surface area contributed by atoms with Gasteiger partial charge >= 0.3 is 0 Å². The normalized spacial score (nSPS) is 17.5. The third-order valence-electron chi connectivity index (χ3n) is 4.30. The molecule has 0 amide bonds. The van der Waals surface area contributed by atoms with Gasteiger partial charge in [-0.3, -0.25) is 0 Å². The van der Waals surface area contributed by atoms with Gasteiger partial charge in [-0.25, -0.2) is 9.97 Å². The first-order chi connectivity index (χ1) is 10.6. The van der Waals surface area contributed by atoms with E-state index in [0.29, 0.717) is 0 Å². The Bertz CT molecular complexity index is 640. The summed E-state index contributed by atoms with van der Waals surface area (Å²) in [7, 11) is 0. The van der Waals surface area contributed by atoms with Crippen LogP contribution in [0.2, 0.25) is 0 Å². The number of anilines is 1. The molecule has 0 saturated carbocycles. The first-order valence-corrected chi connectivity index (χ1v) is 8.71. The summed E-state index contributed by atoms with van der Waals surface area (Å²) in [5.74, 6) is 0. The molecule has 0 radical (unpaired) electrons. The molecule has 4 heteroatoms. The minimum absolute atomic E-state index is 0.209. The highest BCUT2D eigenvalue weighted by atomic mass is 32.2. The Morgan fingerprint density at radius 3 is 2.64 bits per heavy atom. The number of benzene rings is 1. The fraction of sp³-hybridized carbons (Fsp3) is 0.444. The summed E-state index contributed by atoms with van der Waals surface area (Å²) in [6, 6.07) is 8.57. The van der Waals surface area contributed by atoms with E-state index in [-0.39, 0.29) is 5.54 Å². The Morgan fingerprint density at radius 2 is 1.91 bits per heavy atom. The molecular weight excluding hydrogens is 290 g/mol. The molecule has 0 bridgehead atoms. The van der Waals surface area contributed by atoms with Crippen LogP contribution in [0.4, 0.5) is 5.69 Å². The summed E-state index contributed by atoms with van der Waals surface area (Å²) in [5, 5.41) is 0.809. The average Bonchev–Trinajstić information content (AvgIpc) is 2.49.